The van der Waals surface area contributed by atoms with Crippen molar-refractivity contribution in [3.05, 3.63) is 0 Å². The topological polar surface area (TPSA) is 50.7 Å². The molecule has 6 heteroatoms. The Morgan fingerprint density at radius 1 is 1.78 bits per heavy atom. The highest BCUT2D eigenvalue weighted by Gasteiger charge is 2.24. The number of carbonyl (C=O) groups is 1. The third-order valence-corrected chi connectivity index (χ3v) is 1.19. The summed E-state index contributed by atoms with van der Waals surface area (Å²) in [5, 5.41) is 2.18. The summed E-state index contributed by atoms with van der Waals surface area (Å²) in [6.07, 6.45) is 0. The molecule has 0 spiro atoms. The van der Waals surface area contributed by atoms with Crippen LogP contribution in [0.3, 0.4) is 0 Å². The highest BCUT2D eigenvalue weighted by Crippen LogP contribution is 2.05. The van der Waals surface area contributed by atoms with Crippen molar-refractivity contribution in [3.8, 4) is 0 Å². The van der Waals surface area contributed by atoms with Crippen LogP contribution in [0.4, 0.5) is 0 Å². The lowest BCUT2D eigenvalue weighted by Gasteiger charge is -1.89. The van der Waals surface area contributed by atoms with Gasteiger partial charge in [-0.1, -0.05) is 11.6 Å². The smallest absolute Gasteiger partial charge is 0.313 e. The van der Waals surface area contributed by atoms with Crippen molar-refractivity contribution >= 4 is 35.4 Å². The van der Waals surface area contributed by atoms with Gasteiger partial charge < -0.3 is 4.29 Å². The molecule has 0 saturated carbocycles. The Labute approximate surface area is 61.0 Å². The minimum absolute atomic E-state index is 0.0540. The number of hydrogen-bond donors (Lipinski definition) is 1. The predicted molar refractivity (Wildman–Crippen MR) is 32.2 cm³/mol. The molecule has 1 N–H and O–H groups in total. The summed E-state index contributed by atoms with van der Waals surface area (Å²) in [6.45, 7) is 0. The molecule has 1 aliphatic rings. The summed E-state index contributed by atoms with van der Waals surface area (Å²) < 4.78 is 4.06. The van der Waals surface area contributed by atoms with Crippen molar-refractivity contribution in [1.82, 2.24) is 5.32 Å². The van der Waals surface area contributed by atoms with E-state index in [1.165, 1.54) is 0 Å². The summed E-state index contributed by atoms with van der Waals surface area (Å²) in [5.74, 6) is -0.424. The summed E-state index contributed by atoms with van der Waals surface area (Å²) in [4.78, 5) is 13.9. The van der Waals surface area contributed by atoms with Gasteiger partial charge in [-0.2, -0.15) is 0 Å². The number of amidine groups is 1. The van der Waals surface area contributed by atoms with Gasteiger partial charge in [0.15, 0.2) is 0 Å². The largest absolute Gasteiger partial charge is 0.347 e. The van der Waals surface area contributed by atoms with Crippen molar-refractivity contribution < 1.29 is 9.08 Å². The molecule has 0 aromatic heterocycles. The van der Waals surface area contributed by atoms with Crippen LogP contribution < -0.4 is 5.32 Å². The van der Waals surface area contributed by atoms with Gasteiger partial charge in [0, 0.05) is 0 Å². The quantitative estimate of drug-likeness (QED) is 0.416. The molecule has 1 amide bonds. The molecule has 0 bridgehead atoms. The standard InChI is InChI=1S/C3H2Cl2N2O2/c4-1-2(8)7-3(6-1)9-5/h1H,(H,6,7,8). The molecule has 4 nitrogen and oxygen atoms in total. The van der Waals surface area contributed by atoms with Gasteiger partial charge in [-0.15, -0.1) is 0 Å². The van der Waals surface area contributed by atoms with E-state index < -0.39 is 11.4 Å². The zero-order valence-electron chi connectivity index (χ0n) is 4.10. The molecular weight excluding hydrogens is 167 g/mol. The number of hydrogen-bond acceptors (Lipinski definition) is 3. The molecule has 1 aliphatic heterocycles. The lowest BCUT2D eigenvalue weighted by atomic mass is 10.6. The number of carbonyl (C=O) groups excluding carboxylic acids is 1. The molecule has 0 aromatic carbocycles. The minimum Gasteiger partial charge on any atom is -0.347 e. The summed E-state index contributed by atoms with van der Waals surface area (Å²) >= 11 is 10.1. The molecule has 1 atom stereocenters. The van der Waals surface area contributed by atoms with E-state index in [-0.39, 0.29) is 6.02 Å². The van der Waals surface area contributed by atoms with E-state index in [2.05, 4.69) is 14.6 Å². The van der Waals surface area contributed by atoms with Crippen LogP contribution in [-0.4, -0.2) is 17.4 Å². The molecule has 1 rings (SSSR count). The number of halogens is 2. The molecule has 0 saturated heterocycles. The fourth-order valence-electron chi connectivity index (χ4n) is 0.398. The molecule has 1 unspecified atom stereocenters. The summed E-state index contributed by atoms with van der Waals surface area (Å²) in [6, 6.07) is -0.0540. The second-order valence-corrected chi connectivity index (χ2v) is 1.90. The molecule has 9 heavy (non-hydrogen) atoms. The molecule has 1 heterocycles. The number of alkyl halides is 1. The van der Waals surface area contributed by atoms with Crippen molar-refractivity contribution in [2.75, 3.05) is 0 Å². The molecule has 0 fully saturated rings. The fraction of sp³-hybridized carbons (Fsp3) is 0.333. The Morgan fingerprint density at radius 2 is 2.44 bits per heavy atom. The Morgan fingerprint density at radius 3 is 2.67 bits per heavy atom. The number of rotatable bonds is 0. The van der Waals surface area contributed by atoms with Gasteiger partial charge in [-0.05, 0) is 0 Å². The molecule has 0 aromatic rings. The first-order chi connectivity index (χ1) is 4.24. The van der Waals surface area contributed by atoms with E-state index in [4.69, 9.17) is 23.5 Å². The van der Waals surface area contributed by atoms with Crippen LogP contribution in [0.15, 0.2) is 4.99 Å². The third kappa shape index (κ3) is 1.25. The number of amides is 1. The van der Waals surface area contributed by atoms with Gasteiger partial charge in [-0.3, -0.25) is 10.1 Å². The van der Waals surface area contributed by atoms with E-state index in [0.717, 1.165) is 0 Å². The fourth-order valence-corrected chi connectivity index (χ4v) is 0.620. The van der Waals surface area contributed by atoms with Crippen LogP contribution >= 0.6 is 23.5 Å². The van der Waals surface area contributed by atoms with Gasteiger partial charge in [-0.25, -0.2) is 4.99 Å². The SMILES string of the molecule is O=C1NC(OCl)=NC1Cl. The first-order valence-corrected chi connectivity index (χ1v) is 2.80. The van der Waals surface area contributed by atoms with E-state index in [1.807, 2.05) is 0 Å². The average Bonchev–Trinajstić information content (AvgIpc) is 2.13. The van der Waals surface area contributed by atoms with Crippen LogP contribution in [0, 0.1) is 0 Å². The lowest BCUT2D eigenvalue weighted by Crippen LogP contribution is -2.26. The minimum atomic E-state index is -0.904. The molecular formula is C3H2Cl2N2O2. The van der Waals surface area contributed by atoms with E-state index in [9.17, 15) is 4.79 Å². The van der Waals surface area contributed by atoms with E-state index >= 15 is 0 Å². The van der Waals surface area contributed by atoms with Crippen LogP contribution in [0.5, 0.6) is 0 Å². The third-order valence-electron chi connectivity index (χ3n) is 0.750. The van der Waals surface area contributed by atoms with Gasteiger partial charge in [0.25, 0.3) is 5.91 Å². The van der Waals surface area contributed by atoms with Gasteiger partial charge >= 0.3 is 6.02 Å². The van der Waals surface area contributed by atoms with Gasteiger partial charge in [0.1, 0.15) is 11.9 Å². The molecule has 50 valence electrons. The monoisotopic (exact) mass is 168 g/mol. The lowest BCUT2D eigenvalue weighted by molar-refractivity contribution is -0.118. The van der Waals surface area contributed by atoms with Crippen LogP contribution in [0.25, 0.3) is 0 Å². The highest BCUT2D eigenvalue weighted by atomic mass is 35.5. The predicted octanol–water partition coefficient (Wildman–Crippen LogP) is 0.207. The average molecular weight is 169 g/mol. The Balaban J connectivity index is 2.62. The molecule has 0 aliphatic carbocycles. The Bertz CT molecular complexity index is 169. The summed E-state index contributed by atoms with van der Waals surface area (Å²) in [5.41, 5.74) is -0.904. The van der Waals surface area contributed by atoms with Crippen LogP contribution in [0.1, 0.15) is 0 Å². The number of aliphatic imine (C=N–C) groups is 1. The van der Waals surface area contributed by atoms with Crippen LogP contribution in [0.2, 0.25) is 0 Å². The Kier molecular flexibility index (Phi) is 1.78. The number of nitrogens with one attached hydrogen (secondary N) is 1. The van der Waals surface area contributed by atoms with E-state index in [0.29, 0.717) is 0 Å². The zero-order valence-corrected chi connectivity index (χ0v) is 5.61. The second-order valence-electron chi connectivity index (χ2n) is 1.34. The van der Waals surface area contributed by atoms with Crippen molar-refractivity contribution in [3.63, 3.8) is 0 Å². The molecule has 0 radical (unpaired) electrons. The van der Waals surface area contributed by atoms with Crippen LogP contribution in [-0.2, 0) is 9.08 Å². The Hall–Kier alpha value is -0.480. The van der Waals surface area contributed by atoms with E-state index in [1.54, 1.807) is 0 Å². The first-order valence-electron chi connectivity index (χ1n) is 2.05. The normalized spacial score (nSPS) is 25.3. The highest BCUT2D eigenvalue weighted by molar-refractivity contribution is 6.34. The maximum Gasteiger partial charge on any atom is 0.313 e. The number of nitrogens with zero attached hydrogens (tertiary/aromatic N) is 1. The first kappa shape index (κ1) is 6.64. The zero-order chi connectivity index (χ0) is 6.85. The maximum absolute atomic E-state index is 10.4. The van der Waals surface area contributed by atoms with Crippen molar-refractivity contribution in [2.24, 2.45) is 4.99 Å². The van der Waals surface area contributed by atoms with Gasteiger partial charge in [0.05, 0.1) is 0 Å². The second kappa shape index (κ2) is 2.41. The maximum atomic E-state index is 10.4. The van der Waals surface area contributed by atoms with Gasteiger partial charge in [0.2, 0.25) is 5.50 Å². The van der Waals surface area contributed by atoms with Crippen molar-refractivity contribution in [2.45, 2.75) is 5.50 Å². The summed E-state index contributed by atoms with van der Waals surface area (Å²) in [7, 11) is 0. The van der Waals surface area contributed by atoms with Crippen molar-refractivity contribution in [1.29, 1.82) is 0 Å².